The van der Waals surface area contributed by atoms with E-state index in [1.54, 1.807) is 0 Å². The Bertz CT molecular complexity index is 311. The quantitative estimate of drug-likeness (QED) is 0.658. The third-order valence-corrected chi connectivity index (χ3v) is 2.10. The lowest BCUT2D eigenvalue weighted by Gasteiger charge is -2.00. The highest BCUT2D eigenvalue weighted by atomic mass is 35.5. The summed E-state index contributed by atoms with van der Waals surface area (Å²) in [6.45, 7) is 0. The van der Waals surface area contributed by atoms with Crippen molar-refractivity contribution in [3.8, 4) is 0 Å². The fraction of sp³-hybridized carbons (Fsp3) is 0.222. The molecule has 2 nitrogen and oxygen atoms in total. The standard InChI is InChI=1S/C9H9NO.ClH/c10-9-7-4-2-1-3-6(7)5-8(9)11;/h1-4,9H,5,10H2;1H. The van der Waals surface area contributed by atoms with E-state index in [2.05, 4.69) is 0 Å². The number of benzene rings is 1. The van der Waals surface area contributed by atoms with Crippen LogP contribution in [0.2, 0.25) is 0 Å². The van der Waals surface area contributed by atoms with Gasteiger partial charge in [-0.15, -0.1) is 12.4 Å². The molecule has 0 amide bonds. The first-order valence-electron chi connectivity index (χ1n) is 3.65. The molecule has 1 aromatic rings. The average molecular weight is 184 g/mol. The molecule has 0 saturated carbocycles. The summed E-state index contributed by atoms with van der Waals surface area (Å²) in [6, 6.07) is 7.36. The number of halogens is 1. The Morgan fingerprint density at radius 3 is 2.67 bits per heavy atom. The third kappa shape index (κ3) is 1.24. The summed E-state index contributed by atoms with van der Waals surface area (Å²) >= 11 is 0. The van der Waals surface area contributed by atoms with Crippen molar-refractivity contribution >= 4 is 18.2 Å². The first-order valence-corrected chi connectivity index (χ1v) is 3.65. The Hall–Kier alpha value is -0.860. The number of hydrogen-bond acceptors (Lipinski definition) is 2. The number of ketones is 1. The summed E-state index contributed by atoms with van der Waals surface area (Å²) < 4.78 is 0. The second kappa shape index (κ2) is 3.25. The second-order valence-electron chi connectivity index (χ2n) is 2.82. The SMILES string of the molecule is Cl.NC1C(=O)Cc2ccccc21. The van der Waals surface area contributed by atoms with Gasteiger partial charge in [-0.25, -0.2) is 0 Å². The molecule has 0 fully saturated rings. The average Bonchev–Trinajstić information content (AvgIpc) is 2.30. The lowest BCUT2D eigenvalue weighted by molar-refractivity contribution is -0.118. The fourth-order valence-corrected chi connectivity index (χ4v) is 1.47. The van der Waals surface area contributed by atoms with E-state index in [0.717, 1.165) is 11.1 Å². The van der Waals surface area contributed by atoms with Crippen LogP contribution < -0.4 is 5.73 Å². The Balaban J connectivity index is 0.000000720. The molecule has 0 aromatic heterocycles. The number of fused-ring (bicyclic) bond motifs is 1. The predicted octanol–water partition coefficient (Wildman–Crippen LogP) is 1.23. The summed E-state index contributed by atoms with van der Waals surface area (Å²) in [5.41, 5.74) is 7.73. The number of Topliss-reactive ketones (excluding diaryl/α,β-unsaturated/α-hetero) is 1. The molecule has 1 aliphatic rings. The molecule has 1 atom stereocenters. The van der Waals surface area contributed by atoms with E-state index >= 15 is 0 Å². The molecule has 1 unspecified atom stereocenters. The number of carbonyl (C=O) groups is 1. The number of rotatable bonds is 0. The lowest BCUT2D eigenvalue weighted by atomic mass is 10.1. The van der Waals surface area contributed by atoms with E-state index in [1.165, 1.54) is 0 Å². The highest BCUT2D eigenvalue weighted by molar-refractivity contribution is 5.91. The molecule has 1 aromatic carbocycles. The smallest absolute Gasteiger partial charge is 0.158 e. The van der Waals surface area contributed by atoms with Gasteiger partial charge in [0.25, 0.3) is 0 Å². The molecular weight excluding hydrogens is 174 g/mol. The van der Waals surface area contributed by atoms with Crippen molar-refractivity contribution in [2.45, 2.75) is 12.5 Å². The molecule has 0 spiro atoms. The van der Waals surface area contributed by atoms with Crippen LogP contribution in [0, 0.1) is 0 Å². The molecule has 2 N–H and O–H groups in total. The van der Waals surface area contributed by atoms with Gasteiger partial charge in [0.05, 0.1) is 6.04 Å². The largest absolute Gasteiger partial charge is 0.318 e. The normalized spacial score (nSPS) is 20.1. The summed E-state index contributed by atoms with van der Waals surface area (Å²) in [7, 11) is 0. The third-order valence-electron chi connectivity index (χ3n) is 2.10. The van der Waals surface area contributed by atoms with Crippen LogP contribution in [0.3, 0.4) is 0 Å². The van der Waals surface area contributed by atoms with Gasteiger partial charge >= 0.3 is 0 Å². The van der Waals surface area contributed by atoms with E-state index in [-0.39, 0.29) is 24.2 Å². The maximum absolute atomic E-state index is 11.1. The molecular formula is C9H10ClNO. The van der Waals surface area contributed by atoms with Crippen molar-refractivity contribution < 1.29 is 4.79 Å². The summed E-state index contributed by atoms with van der Waals surface area (Å²) in [5.74, 6) is 0.131. The Morgan fingerprint density at radius 1 is 1.33 bits per heavy atom. The first kappa shape index (κ1) is 9.23. The minimum Gasteiger partial charge on any atom is -0.318 e. The number of nitrogens with two attached hydrogens (primary N) is 1. The molecule has 0 radical (unpaired) electrons. The Morgan fingerprint density at radius 2 is 2.00 bits per heavy atom. The zero-order valence-corrected chi connectivity index (χ0v) is 7.30. The fourth-order valence-electron chi connectivity index (χ4n) is 1.47. The van der Waals surface area contributed by atoms with Crippen LogP contribution in [0.1, 0.15) is 17.2 Å². The van der Waals surface area contributed by atoms with Crippen LogP contribution in [0.4, 0.5) is 0 Å². The van der Waals surface area contributed by atoms with Crippen LogP contribution in [0.5, 0.6) is 0 Å². The van der Waals surface area contributed by atoms with Crippen molar-refractivity contribution in [1.29, 1.82) is 0 Å². The van der Waals surface area contributed by atoms with Crippen molar-refractivity contribution in [2.24, 2.45) is 5.73 Å². The minimum atomic E-state index is -0.369. The first-order chi connectivity index (χ1) is 5.29. The van der Waals surface area contributed by atoms with E-state index in [4.69, 9.17) is 5.73 Å². The number of hydrogen-bond donors (Lipinski definition) is 1. The van der Waals surface area contributed by atoms with Gasteiger partial charge in [0.2, 0.25) is 0 Å². The van der Waals surface area contributed by atoms with E-state index in [1.807, 2.05) is 24.3 Å². The zero-order valence-electron chi connectivity index (χ0n) is 6.49. The van der Waals surface area contributed by atoms with E-state index in [0.29, 0.717) is 6.42 Å². The van der Waals surface area contributed by atoms with Crippen molar-refractivity contribution in [3.63, 3.8) is 0 Å². The van der Waals surface area contributed by atoms with Gasteiger partial charge < -0.3 is 5.73 Å². The molecule has 0 bridgehead atoms. The van der Waals surface area contributed by atoms with Gasteiger partial charge in [0.15, 0.2) is 5.78 Å². The minimum absolute atomic E-state index is 0. The second-order valence-corrected chi connectivity index (χ2v) is 2.82. The molecule has 64 valence electrons. The molecule has 12 heavy (non-hydrogen) atoms. The van der Waals surface area contributed by atoms with Crippen LogP contribution in [0.25, 0.3) is 0 Å². The summed E-state index contributed by atoms with van der Waals surface area (Å²) in [5, 5.41) is 0. The van der Waals surface area contributed by atoms with Crippen molar-refractivity contribution in [2.75, 3.05) is 0 Å². The van der Waals surface area contributed by atoms with Gasteiger partial charge in [0, 0.05) is 6.42 Å². The van der Waals surface area contributed by atoms with Crippen LogP contribution in [0.15, 0.2) is 24.3 Å². The number of carbonyl (C=O) groups excluding carboxylic acids is 1. The zero-order chi connectivity index (χ0) is 7.84. The predicted molar refractivity (Wildman–Crippen MR) is 49.3 cm³/mol. The Kier molecular flexibility index (Phi) is 2.50. The molecule has 0 aliphatic heterocycles. The van der Waals surface area contributed by atoms with Crippen LogP contribution in [-0.4, -0.2) is 5.78 Å². The van der Waals surface area contributed by atoms with Gasteiger partial charge in [-0.2, -0.15) is 0 Å². The maximum Gasteiger partial charge on any atom is 0.158 e. The lowest BCUT2D eigenvalue weighted by Crippen LogP contribution is -2.15. The summed E-state index contributed by atoms with van der Waals surface area (Å²) in [6.07, 6.45) is 0.511. The highest BCUT2D eigenvalue weighted by Crippen LogP contribution is 2.25. The molecule has 2 rings (SSSR count). The topological polar surface area (TPSA) is 43.1 Å². The van der Waals surface area contributed by atoms with E-state index in [9.17, 15) is 4.79 Å². The van der Waals surface area contributed by atoms with Gasteiger partial charge in [0.1, 0.15) is 0 Å². The molecule has 0 saturated heterocycles. The molecule has 1 aliphatic carbocycles. The van der Waals surface area contributed by atoms with Crippen LogP contribution in [-0.2, 0) is 11.2 Å². The molecule has 3 heteroatoms. The van der Waals surface area contributed by atoms with Crippen LogP contribution >= 0.6 is 12.4 Å². The van der Waals surface area contributed by atoms with Gasteiger partial charge in [-0.1, -0.05) is 24.3 Å². The van der Waals surface area contributed by atoms with E-state index < -0.39 is 0 Å². The highest BCUT2D eigenvalue weighted by Gasteiger charge is 2.25. The molecule has 0 heterocycles. The maximum atomic E-state index is 11.1. The summed E-state index contributed by atoms with van der Waals surface area (Å²) in [4.78, 5) is 11.1. The van der Waals surface area contributed by atoms with Gasteiger partial charge in [-0.3, -0.25) is 4.79 Å². The van der Waals surface area contributed by atoms with Gasteiger partial charge in [-0.05, 0) is 11.1 Å². The Labute approximate surface area is 77.2 Å². The van der Waals surface area contributed by atoms with Crippen molar-refractivity contribution in [1.82, 2.24) is 0 Å². The monoisotopic (exact) mass is 183 g/mol. The van der Waals surface area contributed by atoms with Crippen molar-refractivity contribution in [3.05, 3.63) is 35.4 Å².